The van der Waals surface area contributed by atoms with Crippen LogP contribution in [0.5, 0.6) is 0 Å². The zero-order valence-electron chi connectivity index (χ0n) is 11.9. The number of hydrogen-bond donors (Lipinski definition) is 1. The molecule has 1 saturated carbocycles. The molecule has 1 aliphatic heterocycles. The van der Waals surface area contributed by atoms with Crippen molar-refractivity contribution < 1.29 is 4.79 Å². The number of para-hydroxylation sites is 1. The lowest BCUT2D eigenvalue weighted by Crippen LogP contribution is -2.45. The summed E-state index contributed by atoms with van der Waals surface area (Å²) in [5, 5.41) is 1.15. The number of rotatable bonds is 2. The minimum Gasteiger partial charge on any atom is -0.350 e. The Bertz CT molecular complexity index is 687. The van der Waals surface area contributed by atoms with E-state index in [-0.39, 0.29) is 11.8 Å². The van der Waals surface area contributed by atoms with Crippen LogP contribution in [0.25, 0.3) is 10.9 Å². The topological polar surface area (TPSA) is 36.1 Å². The monoisotopic (exact) mass is 302 g/mol. The van der Waals surface area contributed by atoms with E-state index in [1.54, 1.807) is 0 Å². The molecule has 1 atom stereocenters. The van der Waals surface area contributed by atoms with Crippen molar-refractivity contribution in [3.8, 4) is 0 Å². The molecule has 0 bridgehead atoms. The van der Waals surface area contributed by atoms with E-state index in [9.17, 15) is 4.79 Å². The third kappa shape index (κ3) is 1.98. The van der Waals surface area contributed by atoms with E-state index < -0.39 is 0 Å². The molecule has 21 heavy (non-hydrogen) atoms. The maximum atomic E-state index is 12.9. The predicted octanol–water partition coefficient (Wildman–Crippen LogP) is 3.89. The van der Waals surface area contributed by atoms with Gasteiger partial charge in [-0.25, -0.2) is 0 Å². The molecule has 0 saturated heterocycles. The SMILES string of the molecule is O=C1c2[nH]c3ccccc3c2C(CCl)CN1C1CCCC1. The van der Waals surface area contributed by atoms with Crippen molar-refractivity contribution in [1.82, 2.24) is 9.88 Å². The smallest absolute Gasteiger partial charge is 0.270 e. The van der Waals surface area contributed by atoms with Gasteiger partial charge in [-0.3, -0.25) is 4.79 Å². The van der Waals surface area contributed by atoms with Crippen molar-refractivity contribution in [2.24, 2.45) is 0 Å². The number of carbonyl (C=O) groups excluding carboxylic acids is 1. The maximum absolute atomic E-state index is 12.9. The molecule has 4 rings (SSSR count). The molecule has 110 valence electrons. The number of amides is 1. The van der Waals surface area contributed by atoms with Gasteiger partial charge in [-0.2, -0.15) is 0 Å². The molecule has 1 aromatic heterocycles. The number of nitrogens with one attached hydrogen (secondary N) is 1. The molecule has 1 unspecified atom stereocenters. The molecule has 1 aromatic carbocycles. The first-order chi connectivity index (χ1) is 10.3. The Hall–Kier alpha value is -1.48. The molecule has 1 fully saturated rings. The van der Waals surface area contributed by atoms with Gasteiger partial charge in [0.05, 0.1) is 0 Å². The van der Waals surface area contributed by atoms with Crippen LogP contribution < -0.4 is 0 Å². The molecule has 0 radical (unpaired) electrons. The average molecular weight is 303 g/mol. The van der Waals surface area contributed by atoms with Gasteiger partial charge in [0.15, 0.2) is 0 Å². The molecule has 1 N–H and O–H groups in total. The van der Waals surface area contributed by atoms with Crippen molar-refractivity contribution in [1.29, 1.82) is 0 Å². The number of alkyl halides is 1. The van der Waals surface area contributed by atoms with E-state index in [0.29, 0.717) is 11.9 Å². The minimum atomic E-state index is 0.162. The van der Waals surface area contributed by atoms with E-state index in [0.717, 1.165) is 41.5 Å². The van der Waals surface area contributed by atoms with E-state index >= 15 is 0 Å². The Balaban J connectivity index is 1.83. The number of nitrogens with zero attached hydrogens (tertiary/aromatic N) is 1. The summed E-state index contributed by atoms with van der Waals surface area (Å²) in [4.78, 5) is 18.3. The first-order valence-electron chi connectivity index (χ1n) is 7.77. The van der Waals surface area contributed by atoms with E-state index in [4.69, 9.17) is 11.6 Å². The number of fused-ring (bicyclic) bond motifs is 3. The van der Waals surface area contributed by atoms with Crippen LogP contribution in [0.3, 0.4) is 0 Å². The predicted molar refractivity (Wildman–Crippen MR) is 85.1 cm³/mol. The minimum absolute atomic E-state index is 0.162. The second-order valence-corrected chi connectivity index (χ2v) is 6.51. The van der Waals surface area contributed by atoms with Gasteiger partial charge in [-0.15, -0.1) is 11.6 Å². The van der Waals surface area contributed by atoms with Crippen LogP contribution in [0, 0.1) is 0 Å². The summed E-state index contributed by atoms with van der Waals surface area (Å²) in [7, 11) is 0. The van der Waals surface area contributed by atoms with E-state index in [2.05, 4.69) is 16.0 Å². The molecule has 2 aromatic rings. The number of carbonyl (C=O) groups is 1. The molecule has 2 aliphatic rings. The molecule has 3 nitrogen and oxygen atoms in total. The fourth-order valence-corrected chi connectivity index (χ4v) is 4.22. The Labute approximate surface area is 129 Å². The molecule has 4 heteroatoms. The van der Waals surface area contributed by atoms with Crippen LogP contribution in [-0.2, 0) is 0 Å². The van der Waals surface area contributed by atoms with Gasteiger partial charge in [0.25, 0.3) is 5.91 Å². The Morgan fingerprint density at radius 1 is 1.24 bits per heavy atom. The van der Waals surface area contributed by atoms with Gasteiger partial charge in [-0.1, -0.05) is 31.0 Å². The third-order valence-corrected chi connectivity index (χ3v) is 5.37. The number of halogens is 1. The summed E-state index contributed by atoms with van der Waals surface area (Å²) in [5.74, 6) is 0.955. The molecule has 1 aliphatic carbocycles. The lowest BCUT2D eigenvalue weighted by Gasteiger charge is -2.36. The Kier molecular flexibility index (Phi) is 3.18. The molecular weight excluding hydrogens is 284 g/mol. The standard InChI is InChI=1S/C17H19ClN2O/c18-9-11-10-20(12-5-1-2-6-12)17(21)16-15(11)13-7-3-4-8-14(13)19-16/h3-4,7-8,11-12,19H,1-2,5-6,9-10H2. The number of aromatic amines is 1. The third-order valence-electron chi connectivity index (χ3n) is 5.00. The number of aromatic nitrogens is 1. The van der Waals surface area contributed by atoms with Crippen molar-refractivity contribution in [2.45, 2.75) is 37.6 Å². The summed E-state index contributed by atoms with van der Waals surface area (Å²) >= 11 is 6.23. The van der Waals surface area contributed by atoms with Crippen LogP contribution in [0.15, 0.2) is 24.3 Å². The van der Waals surface area contributed by atoms with Crippen LogP contribution >= 0.6 is 11.6 Å². The largest absolute Gasteiger partial charge is 0.350 e. The van der Waals surface area contributed by atoms with Crippen LogP contribution in [0.2, 0.25) is 0 Å². The quantitative estimate of drug-likeness (QED) is 0.839. The van der Waals surface area contributed by atoms with E-state index in [1.807, 2.05) is 18.2 Å². The lowest BCUT2D eigenvalue weighted by molar-refractivity contribution is 0.0640. The normalized spacial score (nSPS) is 23.0. The molecule has 1 amide bonds. The Morgan fingerprint density at radius 3 is 2.76 bits per heavy atom. The molecule has 2 heterocycles. The first kappa shape index (κ1) is 13.2. The van der Waals surface area contributed by atoms with Gasteiger partial charge in [0, 0.05) is 35.3 Å². The van der Waals surface area contributed by atoms with Gasteiger partial charge in [0.2, 0.25) is 0 Å². The molecule has 0 spiro atoms. The van der Waals surface area contributed by atoms with Crippen molar-refractivity contribution in [2.75, 3.05) is 12.4 Å². The molecular formula is C17H19ClN2O. The van der Waals surface area contributed by atoms with Gasteiger partial charge in [0.1, 0.15) is 5.69 Å². The maximum Gasteiger partial charge on any atom is 0.270 e. The number of H-pyrrole nitrogens is 1. The van der Waals surface area contributed by atoms with Crippen LogP contribution in [0.4, 0.5) is 0 Å². The van der Waals surface area contributed by atoms with Crippen molar-refractivity contribution in [3.05, 3.63) is 35.5 Å². The number of benzene rings is 1. The summed E-state index contributed by atoms with van der Waals surface area (Å²) in [6, 6.07) is 8.55. The fraction of sp³-hybridized carbons (Fsp3) is 0.471. The van der Waals surface area contributed by atoms with Crippen molar-refractivity contribution in [3.63, 3.8) is 0 Å². The number of hydrogen-bond acceptors (Lipinski definition) is 1. The zero-order valence-corrected chi connectivity index (χ0v) is 12.7. The average Bonchev–Trinajstić information content (AvgIpc) is 3.15. The van der Waals surface area contributed by atoms with Crippen LogP contribution in [0.1, 0.15) is 47.7 Å². The second kappa shape index (κ2) is 5.06. The summed E-state index contributed by atoms with van der Waals surface area (Å²) in [5.41, 5.74) is 2.93. The second-order valence-electron chi connectivity index (χ2n) is 6.21. The Morgan fingerprint density at radius 2 is 2.00 bits per heavy atom. The highest BCUT2D eigenvalue weighted by molar-refractivity contribution is 6.19. The van der Waals surface area contributed by atoms with Crippen molar-refractivity contribution >= 4 is 28.4 Å². The van der Waals surface area contributed by atoms with Gasteiger partial charge in [-0.05, 0) is 24.5 Å². The fourth-order valence-electron chi connectivity index (χ4n) is 3.97. The first-order valence-corrected chi connectivity index (χ1v) is 8.30. The van der Waals surface area contributed by atoms with Gasteiger partial charge >= 0.3 is 0 Å². The van der Waals surface area contributed by atoms with Gasteiger partial charge < -0.3 is 9.88 Å². The lowest BCUT2D eigenvalue weighted by atomic mass is 9.91. The van der Waals surface area contributed by atoms with Crippen LogP contribution in [-0.4, -0.2) is 34.3 Å². The van der Waals surface area contributed by atoms with E-state index in [1.165, 1.54) is 12.8 Å². The summed E-state index contributed by atoms with van der Waals surface area (Å²) in [6.45, 7) is 0.766. The zero-order chi connectivity index (χ0) is 14.4. The highest BCUT2D eigenvalue weighted by Gasteiger charge is 2.38. The summed E-state index contributed by atoms with van der Waals surface area (Å²) in [6.07, 6.45) is 4.74. The highest BCUT2D eigenvalue weighted by atomic mass is 35.5. The highest BCUT2D eigenvalue weighted by Crippen LogP contribution is 2.38. The summed E-state index contributed by atoms with van der Waals surface area (Å²) < 4.78 is 0.